The number of benzene rings is 2. The summed E-state index contributed by atoms with van der Waals surface area (Å²) in [4.78, 5) is 21.2. The van der Waals surface area contributed by atoms with E-state index in [1.54, 1.807) is 0 Å². The standard InChI is InChI=1S/C25H30N4O3/c1-18(2)20-8-10-21(11-9-20)31-17-24(30)29-14-12-28(13-15-29)16-23-26-25(27-32-23)22-7-5-4-6-19(22)3/h4-11,18H,12-17H2,1-3H3. The SMILES string of the molecule is Cc1ccccc1-c1noc(CN2CCN(C(=O)COc3ccc(C(C)C)cc3)CC2)n1. The molecule has 4 rings (SSSR count). The topological polar surface area (TPSA) is 71.7 Å². The molecule has 1 fully saturated rings. The largest absolute Gasteiger partial charge is 0.484 e. The van der Waals surface area contributed by atoms with Gasteiger partial charge in [-0.05, 0) is 36.1 Å². The van der Waals surface area contributed by atoms with Gasteiger partial charge in [0.1, 0.15) is 5.75 Å². The van der Waals surface area contributed by atoms with Crippen LogP contribution < -0.4 is 4.74 Å². The van der Waals surface area contributed by atoms with Crippen LogP contribution in [0.1, 0.15) is 36.8 Å². The highest BCUT2D eigenvalue weighted by Gasteiger charge is 2.23. The van der Waals surface area contributed by atoms with Gasteiger partial charge in [0.2, 0.25) is 11.7 Å². The molecule has 1 aliphatic rings. The first-order valence-electron chi connectivity index (χ1n) is 11.1. The lowest BCUT2D eigenvalue weighted by molar-refractivity contribution is -0.135. The van der Waals surface area contributed by atoms with Crippen LogP contribution >= 0.6 is 0 Å². The molecule has 7 heteroatoms. The number of piperazine rings is 1. The zero-order chi connectivity index (χ0) is 22.5. The van der Waals surface area contributed by atoms with Gasteiger partial charge >= 0.3 is 0 Å². The Hall–Kier alpha value is -3.19. The summed E-state index contributed by atoms with van der Waals surface area (Å²) in [6, 6.07) is 15.9. The number of carbonyl (C=O) groups excluding carboxylic acids is 1. The number of hydrogen-bond donors (Lipinski definition) is 0. The molecule has 168 valence electrons. The summed E-state index contributed by atoms with van der Waals surface area (Å²) in [5.74, 6) is 2.42. The average Bonchev–Trinajstić information content (AvgIpc) is 3.26. The monoisotopic (exact) mass is 434 g/mol. The third kappa shape index (κ3) is 5.34. The molecule has 7 nitrogen and oxygen atoms in total. The third-order valence-corrected chi connectivity index (χ3v) is 5.85. The number of rotatable bonds is 7. The lowest BCUT2D eigenvalue weighted by Crippen LogP contribution is -2.49. The van der Waals surface area contributed by atoms with Crippen molar-refractivity contribution in [3.63, 3.8) is 0 Å². The second kappa shape index (κ2) is 9.96. The molecule has 0 radical (unpaired) electrons. The van der Waals surface area contributed by atoms with Crippen molar-refractivity contribution in [2.45, 2.75) is 33.2 Å². The van der Waals surface area contributed by atoms with Crippen molar-refractivity contribution in [2.75, 3.05) is 32.8 Å². The molecule has 1 saturated heterocycles. The Labute approximate surface area is 189 Å². The second-order valence-corrected chi connectivity index (χ2v) is 8.50. The van der Waals surface area contributed by atoms with Gasteiger partial charge in [-0.3, -0.25) is 9.69 Å². The van der Waals surface area contributed by atoms with E-state index in [0.29, 0.717) is 37.3 Å². The molecule has 3 aromatic rings. The summed E-state index contributed by atoms with van der Waals surface area (Å²) < 4.78 is 11.2. The van der Waals surface area contributed by atoms with E-state index in [0.717, 1.165) is 30.0 Å². The van der Waals surface area contributed by atoms with Crippen LogP contribution in [0, 0.1) is 6.92 Å². The van der Waals surface area contributed by atoms with E-state index in [4.69, 9.17) is 9.26 Å². The van der Waals surface area contributed by atoms with E-state index < -0.39 is 0 Å². The van der Waals surface area contributed by atoms with Gasteiger partial charge < -0.3 is 14.2 Å². The molecule has 0 saturated carbocycles. The van der Waals surface area contributed by atoms with Crippen LogP contribution in [0.5, 0.6) is 5.75 Å². The lowest BCUT2D eigenvalue weighted by Gasteiger charge is -2.33. The van der Waals surface area contributed by atoms with Crippen molar-refractivity contribution in [3.05, 3.63) is 65.5 Å². The smallest absolute Gasteiger partial charge is 0.260 e. The highest BCUT2D eigenvalue weighted by Crippen LogP contribution is 2.21. The Morgan fingerprint density at radius 2 is 1.78 bits per heavy atom. The van der Waals surface area contributed by atoms with Gasteiger partial charge in [-0.1, -0.05) is 55.4 Å². The molecule has 0 N–H and O–H groups in total. The van der Waals surface area contributed by atoms with E-state index in [-0.39, 0.29) is 12.5 Å². The number of nitrogens with zero attached hydrogens (tertiary/aromatic N) is 4. The van der Waals surface area contributed by atoms with Crippen LogP contribution in [0.2, 0.25) is 0 Å². The first-order valence-corrected chi connectivity index (χ1v) is 11.1. The van der Waals surface area contributed by atoms with Gasteiger partial charge in [-0.15, -0.1) is 0 Å². The zero-order valence-corrected chi connectivity index (χ0v) is 19.0. The van der Waals surface area contributed by atoms with Crippen LogP contribution in [0.15, 0.2) is 53.1 Å². The fourth-order valence-corrected chi connectivity index (χ4v) is 3.78. The molecule has 32 heavy (non-hydrogen) atoms. The first kappa shape index (κ1) is 22.0. The highest BCUT2D eigenvalue weighted by molar-refractivity contribution is 5.77. The van der Waals surface area contributed by atoms with Crippen molar-refractivity contribution in [2.24, 2.45) is 0 Å². The van der Waals surface area contributed by atoms with Crippen molar-refractivity contribution < 1.29 is 14.1 Å². The van der Waals surface area contributed by atoms with Crippen LogP contribution in [-0.4, -0.2) is 58.6 Å². The minimum atomic E-state index is 0.0113. The van der Waals surface area contributed by atoms with Crippen molar-refractivity contribution in [1.29, 1.82) is 0 Å². The fourth-order valence-electron chi connectivity index (χ4n) is 3.78. The second-order valence-electron chi connectivity index (χ2n) is 8.50. The van der Waals surface area contributed by atoms with Crippen LogP contribution in [-0.2, 0) is 11.3 Å². The molecule has 0 unspecified atom stereocenters. The number of aromatic nitrogens is 2. The molecule has 1 aliphatic heterocycles. The first-order chi connectivity index (χ1) is 15.5. The van der Waals surface area contributed by atoms with E-state index in [9.17, 15) is 4.79 Å². The van der Waals surface area contributed by atoms with Crippen LogP contribution in [0.25, 0.3) is 11.4 Å². The predicted molar refractivity (Wildman–Crippen MR) is 122 cm³/mol. The van der Waals surface area contributed by atoms with Crippen molar-refractivity contribution >= 4 is 5.91 Å². The van der Waals surface area contributed by atoms with E-state index >= 15 is 0 Å². The van der Waals surface area contributed by atoms with Crippen molar-refractivity contribution in [1.82, 2.24) is 19.9 Å². The normalized spacial score (nSPS) is 14.7. The Bertz CT molecular complexity index is 1040. The summed E-state index contributed by atoms with van der Waals surface area (Å²) in [6.45, 7) is 9.83. The molecular weight excluding hydrogens is 404 g/mol. The molecule has 0 spiro atoms. The average molecular weight is 435 g/mol. The molecular formula is C25H30N4O3. The number of amides is 1. The molecule has 1 aromatic heterocycles. The summed E-state index contributed by atoms with van der Waals surface area (Å²) >= 11 is 0. The Morgan fingerprint density at radius 3 is 2.47 bits per heavy atom. The predicted octanol–water partition coefficient (Wildman–Crippen LogP) is 3.89. The van der Waals surface area contributed by atoms with Gasteiger partial charge in [0, 0.05) is 31.7 Å². The van der Waals surface area contributed by atoms with Crippen molar-refractivity contribution in [3.8, 4) is 17.1 Å². The zero-order valence-electron chi connectivity index (χ0n) is 19.0. The molecule has 0 atom stereocenters. The number of ether oxygens (including phenoxy) is 1. The number of aryl methyl sites for hydroxylation is 1. The van der Waals surface area contributed by atoms with Gasteiger partial charge in [0.05, 0.1) is 6.54 Å². The summed E-state index contributed by atoms with van der Waals surface area (Å²) in [6.07, 6.45) is 0. The maximum Gasteiger partial charge on any atom is 0.260 e. The third-order valence-electron chi connectivity index (χ3n) is 5.85. The van der Waals surface area contributed by atoms with Crippen LogP contribution in [0.3, 0.4) is 0 Å². The minimum Gasteiger partial charge on any atom is -0.484 e. The Balaban J connectivity index is 1.23. The number of carbonyl (C=O) groups is 1. The van der Waals surface area contributed by atoms with Crippen LogP contribution in [0.4, 0.5) is 0 Å². The Kier molecular flexibility index (Phi) is 6.85. The molecule has 0 aliphatic carbocycles. The van der Waals surface area contributed by atoms with Gasteiger partial charge in [-0.2, -0.15) is 4.98 Å². The lowest BCUT2D eigenvalue weighted by atomic mass is 10.0. The van der Waals surface area contributed by atoms with E-state index in [2.05, 4.69) is 28.9 Å². The molecule has 0 bridgehead atoms. The molecule has 2 aromatic carbocycles. The summed E-state index contributed by atoms with van der Waals surface area (Å²) in [7, 11) is 0. The minimum absolute atomic E-state index is 0.0113. The highest BCUT2D eigenvalue weighted by atomic mass is 16.5. The summed E-state index contributed by atoms with van der Waals surface area (Å²) in [5, 5.41) is 4.13. The maximum absolute atomic E-state index is 12.5. The molecule has 2 heterocycles. The fraction of sp³-hybridized carbons (Fsp3) is 0.400. The van der Waals surface area contributed by atoms with E-state index in [1.807, 2.05) is 60.4 Å². The maximum atomic E-state index is 12.5. The van der Waals surface area contributed by atoms with E-state index in [1.165, 1.54) is 5.56 Å². The number of hydrogen-bond acceptors (Lipinski definition) is 6. The van der Waals surface area contributed by atoms with Gasteiger partial charge in [-0.25, -0.2) is 0 Å². The summed E-state index contributed by atoms with van der Waals surface area (Å²) in [5.41, 5.74) is 3.36. The molecule has 1 amide bonds. The quantitative estimate of drug-likeness (QED) is 0.562. The Morgan fingerprint density at radius 1 is 1.06 bits per heavy atom. The van der Waals surface area contributed by atoms with Gasteiger partial charge in [0.15, 0.2) is 6.61 Å². The van der Waals surface area contributed by atoms with Gasteiger partial charge in [0.25, 0.3) is 5.91 Å².